The van der Waals surface area contributed by atoms with E-state index in [1.54, 1.807) is 29.2 Å². The van der Waals surface area contributed by atoms with Crippen LogP contribution in [-0.2, 0) is 14.3 Å². The molecule has 0 aliphatic carbocycles. The Morgan fingerprint density at radius 2 is 2.00 bits per heavy atom. The Morgan fingerprint density at radius 3 is 2.68 bits per heavy atom. The van der Waals surface area contributed by atoms with Crippen LogP contribution >= 0.6 is 22.9 Å². The summed E-state index contributed by atoms with van der Waals surface area (Å²) in [5.41, 5.74) is 1.46. The van der Waals surface area contributed by atoms with Crippen LogP contribution in [0.25, 0.3) is 0 Å². The molecule has 8 heteroatoms. The number of aryl methyl sites for hydroxylation is 1. The molecule has 2 heterocycles. The fraction of sp³-hybridized carbons (Fsp3) is 0.350. The molecule has 6 nitrogen and oxygen atoms in total. The van der Waals surface area contributed by atoms with Crippen molar-refractivity contribution < 1.29 is 19.1 Å². The van der Waals surface area contributed by atoms with Crippen molar-refractivity contribution in [3.63, 3.8) is 0 Å². The molecule has 28 heavy (non-hydrogen) atoms. The zero-order valence-electron chi connectivity index (χ0n) is 15.4. The van der Waals surface area contributed by atoms with E-state index in [0.29, 0.717) is 41.5 Å². The van der Waals surface area contributed by atoms with E-state index < -0.39 is 11.9 Å². The van der Waals surface area contributed by atoms with E-state index in [1.807, 2.05) is 18.4 Å². The molecule has 2 amide bonds. The minimum atomic E-state index is -0.413. The number of esters is 1. The highest BCUT2D eigenvalue weighted by atomic mass is 35.5. The first-order chi connectivity index (χ1) is 13.4. The van der Waals surface area contributed by atoms with Crippen LogP contribution < -0.4 is 5.32 Å². The van der Waals surface area contributed by atoms with Gasteiger partial charge in [-0.2, -0.15) is 0 Å². The Hall–Kier alpha value is -2.38. The number of benzene rings is 1. The Morgan fingerprint density at radius 1 is 1.25 bits per heavy atom. The van der Waals surface area contributed by atoms with Crippen molar-refractivity contribution in [2.45, 2.75) is 19.8 Å². The summed E-state index contributed by atoms with van der Waals surface area (Å²) in [6.07, 6.45) is 1.07. The largest absolute Gasteiger partial charge is 0.455 e. The van der Waals surface area contributed by atoms with E-state index in [-0.39, 0.29) is 18.4 Å². The van der Waals surface area contributed by atoms with Crippen molar-refractivity contribution in [1.29, 1.82) is 0 Å². The third-order valence-corrected chi connectivity index (χ3v) is 5.76. The minimum absolute atomic E-state index is 0.00177. The van der Waals surface area contributed by atoms with E-state index in [2.05, 4.69) is 5.32 Å². The fourth-order valence-corrected chi connectivity index (χ4v) is 3.91. The number of amides is 2. The van der Waals surface area contributed by atoms with Gasteiger partial charge < -0.3 is 15.0 Å². The predicted octanol–water partition coefficient (Wildman–Crippen LogP) is 3.74. The van der Waals surface area contributed by atoms with Gasteiger partial charge in [0.05, 0.1) is 10.8 Å². The minimum Gasteiger partial charge on any atom is -0.455 e. The molecule has 1 saturated heterocycles. The normalized spacial score (nSPS) is 14.6. The Bertz CT molecular complexity index is 861. The van der Waals surface area contributed by atoms with Gasteiger partial charge in [0.1, 0.15) is 0 Å². The molecule has 0 radical (unpaired) electrons. The van der Waals surface area contributed by atoms with E-state index in [9.17, 15) is 14.4 Å². The molecule has 2 aromatic rings. The SMILES string of the molecule is Cc1ccc(Cl)cc1NC(=O)COC(=O)C1CCN(C(=O)c2cccs2)CC1. The van der Waals surface area contributed by atoms with Gasteiger partial charge in [-0.1, -0.05) is 23.7 Å². The average Bonchev–Trinajstić information content (AvgIpc) is 3.23. The number of thiophene rings is 1. The maximum atomic E-state index is 12.3. The monoisotopic (exact) mass is 420 g/mol. The molecule has 0 spiro atoms. The number of ether oxygens (including phenoxy) is 1. The van der Waals surface area contributed by atoms with Gasteiger partial charge in [0.15, 0.2) is 6.61 Å². The number of nitrogens with zero attached hydrogens (tertiary/aromatic N) is 1. The summed E-state index contributed by atoms with van der Waals surface area (Å²) in [5.74, 6) is -1.11. The number of hydrogen-bond acceptors (Lipinski definition) is 5. The molecule has 3 rings (SSSR count). The van der Waals surface area contributed by atoms with Crippen LogP contribution in [0.1, 0.15) is 28.1 Å². The lowest BCUT2D eigenvalue weighted by molar-refractivity contribution is -0.152. The van der Waals surface area contributed by atoms with Crippen molar-refractivity contribution in [2.24, 2.45) is 5.92 Å². The zero-order chi connectivity index (χ0) is 20.1. The van der Waals surface area contributed by atoms with Crippen molar-refractivity contribution in [2.75, 3.05) is 25.0 Å². The first kappa shape index (κ1) is 20.4. The maximum Gasteiger partial charge on any atom is 0.309 e. The molecule has 1 aromatic carbocycles. The number of nitrogens with one attached hydrogen (secondary N) is 1. The van der Waals surface area contributed by atoms with Gasteiger partial charge in [-0.3, -0.25) is 14.4 Å². The van der Waals surface area contributed by atoms with E-state index in [1.165, 1.54) is 11.3 Å². The number of halogens is 1. The van der Waals surface area contributed by atoms with Gasteiger partial charge in [0.25, 0.3) is 11.8 Å². The second kappa shape index (κ2) is 9.21. The molecule has 148 valence electrons. The maximum absolute atomic E-state index is 12.3. The number of carbonyl (C=O) groups is 3. The van der Waals surface area contributed by atoms with Crippen molar-refractivity contribution >= 4 is 46.4 Å². The van der Waals surface area contributed by atoms with Gasteiger partial charge in [-0.25, -0.2) is 0 Å². The summed E-state index contributed by atoms with van der Waals surface area (Å²) in [7, 11) is 0. The Labute approximate surface area is 172 Å². The van der Waals surface area contributed by atoms with Crippen molar-refractivity contribution in [3.8, 4) is 0 Å². The summed E-state index contributed by atoms with van der Waals surface area (Å²) in [4.78, 5) is 39.1. The molecule has 0 atom stereocenters. The van der Waals surface area contributed by atoms with Crippen LogP contribution in [0.5, 0.6) is 0 Å². The fourth-order valence-electron chi connectivity index (χ4n) is 3.04. The smallest absolute Gasteiger partial charge is 0.309 e. The average molecular weight is 421 g/mol. The summed E-state index contributed by atoms with van der Waals surface area (Å²) in [6, 6.07) is 8.83. The van der Waals surface area contributed by atoms with Crippen molar-refractivity contribution in [3.05, 3.63) is 51.2 Å². The number of rotatable bonds is 5. The first-order valence-corrected chi connectivity index (χ1v) is 10.2. The van der Waals surface area contributed by atoms with Gasteiger partial charge in [0, 0.05) is 23.8 Å². The highest BCUT2D eigenvalue weighted by molar-refractivity contribution is 7.12. The summed E-state index contributed by atoms with van der Waals surface area (Å²) >= 11 is 7.34. The van der Waals surface area contributed by atoms with E-state index >= 15 is 0 Å². The molecule has 1 aliphatic rings. The van der Waals surface area contributed by atoms with E-state index in [4.69, 9.17) is 16.3 Å². The van der Waals surface area contributed by atoms with Crippen LogP contribution in [0.2, 0.25) is 5.02 Å². The number of hydrogen-bond donors (Lipinski definition) is 1. The highest BCUT2D eigenvalue weighted by Crippen LogP contribution is 2.22. The molecule has 0 bridgehead atoms. The lowest BCUT2D eigenvalue weighted by Gasteiger charge is -2.30. The predicted molar refractivity (Wildman–Crippen MR) is 109 cm³/mol. The molecular weight excluding hydrogens is 400 g/mol. The number of piperidine rings is 1. The summed E-state index contributed by atoms with van der Waals surface area (Å²) in [6.45, 7) is 2.51. The summed E-state index contributed by atoms with van der Waals surface area (Å²) in [5, 5.41) is 5.08. The number of anilines is 1. The second-order valence-electron chi connectivity index (χ2n) is 6.66. The zero-order valence-corrected chi connectivity index (χ0v) is 17.0. The quantitative estimate of drug-likeness (QED) is 0.747. The standard InChI is InChI=1S/C20H21ClN2O4S/c1-13-4-5-15(21)11-16(13)22-18(24)12-27-20(26)14-6-8-23(9-7-14)19(25)17-3-2-10-28-17/h2-5,10-11,14H,6-9,12H2,1H3,(H,22,24). The Kier molecular flexibility index (Phi) is 6.70. The van der Waals surface area contributed by atoms with Gasteiger partial charge in [-0.15, -0.1) is 11.3 Å². The van der Waals surface area contributed by atoms with Crippen LogP contribution in [0, 0.1) is 12.8 Å². The molecule has 1 N–H and O–H groups in total. The molecular formula is C20H21ClN2O4S. The molecule has 0 unspecified atom stereocenters. The van der Waals surface area contributed by atoms with Crippen LogP contribution in [-0.4, -0.2) is 42.4 Å². The second-order valence-corrected chi connectivity index (χ2v) is 8.04. The molecule has 1 aromatic heterocycles. The lowest BCUT2D eigenvalue weighted by Crippen LogP contribution is -2.40. The topological polar surface area (TPSA) is 75.7 Å². The third-order valence-electron chi connectivity index (χ3n) is 4.67. The lowest BCUT2D eigenvalue weighted by atomic mass is 9.97. The third kappa shape index (κ3) is 5.11. The van der Waals surface area contributed by atoms with Crippen LogP contribution in [0.15, 0.2) is 35.7 Å². The molecule has 0 saturated carbocycles. The van der Waals surface area contributed by atoms with Crippen molar-refractivity contribution in [1.82, 2.24) is 4.90 Å². The number of likely N-dealkylation sites (tertiary alicyclic amines) is 1. The highest BCUT2D eigenvalue weighted by Gasteiger charge is 2.29. The van der Waals surface area contributed by atoms with Crippen LogP contribution in [0.3, 0.4) is 0 Å². The number of carbonyl (C=O) groups excluding carboxylic acids is 3. The Balaban J connectivity index is 1.44. The van der Waals surface area contributed by atoms with Gasteiger partial charge in [-0.05, 0) is 48.9 Å². The van der Waals surface area contributed by atoms with Gasteiger partial charge >= 0.3 is 5.97 Å². The molecule has 1 fully saturated rings. The van der Waals surface area contributed by atoms with Crippen LogP contribution in [0.4, 0.5) is 5.69 Å². The summed E-state index contributed by atoms with van der Waals surface area (Å²) < 4.78 is 5.17. The first-order valence-electron chi connectivity index (χ1n) is 8.99. The van der Waals surface area contributed by atoms with Gasteiger partial charge in [0.2, 0.25) is 0 Å². The van der Waals surface area contributed by atoms with E-state index in [0.717, 1.165) is 5.56 Å². The molecule has 1 aliphatic heterocycles.